The van der Waals surface area contributed by atoms with Crippen LogP contribution in [0.25, 0.3) is 0 Å². The highest BCUT2D eigenvalue weighted by Gasteiger charge is 2.42. The number of rotatable bonds is 2. The molecule has 4 heteroatoms. The van der Waals surface area contributed by atoms with Crippen LogP contribution in [0.15, 0.2) is 0 Å². The number of carbonyl (C=O) groups excluding carboxylic acids is 1. The molecule has 2 aliphatic rings. The quantitative estimate of drug-likeness (QED) is 0.707. The van der Waals surface area contributed by atoms with E-state index in [9.17, 15) is 4.79 Å². The van der Waals surface area contributed by atoms with Crippen LogP contribution in [0.2, 0.25) is 0 Å². The van der Waals surface area contributed by atoms with Gasteiger partial charge in [0, 0.05) is 31.1 Å². The Bertz CT molecular complexity index is 249. The van der Waals surface area contributed by atoms with E-state index in [1.54, 1.807) is 0 Å². The van der Waals surface area contributed by atoms with Crippen LogP contribution in [0.5, 0.6) is 0 Å². The number of thioether (sulfide) groups is 1. The third kappa shape index (κ3) is 2.55. The van der Waals surface area contributed by atoms with Crippen molar-refractivity contribution in [3.63, 3.8) is 0 Å². The molecule has 3 nitrogen and oxygen atoms in total. The molecule has 0 aromatic carbocycles. The van der Waals surface area contributed by atoms with Gasteiger partial charge in [-0.1, -0.05) is 0 Å². The van der Waals surface area contributed by atoms with Crippen LogP contribution >= 0.6 is 11.8 Å². The summed E-state index contributed by atoms with van der Waals surface area (Å²) in [6.45, 7) is 7.49. The zero-order chi connectivity index (χ0) is 10.9. The lowest BCUT2D eigenvalue weighted by Gasteiger charge is -2.27. The van der Waals surface area contributed by atoms with Crippen LogP contribution in [-0.4, -0.2) is 54.0 Å². The monoisotopic (exact) mass is 229 g/mol. The van der Waals surface area contributed by atoms with Crippen molar-refractivity contribution < 1.29 is 9.53 Å². The van der Waals surface area contributed by atoms with Crippen LogP contribution < -0.4 is 0 Å². The number of ketones is 1. The summed E-state index contributed by atoms with van der Waals surface area (Å²) in [4.78, 5) is 14.3. The molecule has 2 aliphatic heterocycles. The van der Waals surface area contributed by atoms with Crippen LogP contribution in [0, 0.1) is 5.92 Å². The molecule has 0 bridgehead atoms. The average Bonchev–Trinajstić information content (AvgIpc) is 2.47. The zero-order valence-electron chi connectivity index (χ0n) is 9.49. The molecule has 0 N–H and O–H groups in total. The smallest absolute Gasteiger partial charge is 0.170 e. The zero-order valence-corrected chi connectivity index (χ0v) is 10.3. The average molecular weight is 229 g/mol. The van der Waals surface area contributed by atoms with E-state index in [0.29, 0.717) is 6.61 Å². The Morgan fingerprint density at radius 1 is 1.47 bits per heavy atom. The molecular formula is C11H19NO2S. The van der Waals surface area contributed by atoms with Crippen molar-refractivity contribution in [2.45, 2.75) is 19.4 Å². The van der Waals surface area contributed by atoms with Gasteiger partial charge in [0.15, 0.2) is 5.78 Å². The van der Waals surface area contributed by atoms with E-state index in [-0.39, 0.29) is 11.7 Å². The first-order valence-electron chi connectivity index (χ1n) is 5.58. The fourth-order valence-corrected chi connectivity index (χ4v) is 3.16. The Labute approximate surface area is 95.5 Å². The van der Waals surface area contributed by atoms with Crippen molar-refractivity contribution in [3.8, 4) is 0 Å². The number of nitrogens with zero attached hydrogens (tertiary/aromatic N) is 1. The molecule has 1 atom stereocenters. The van der Waals surface area contributed by atoms with E-state index in [2.05, 4.69) is 4.90 Å². The van der Waals surface area contributed by atoms with Crippen LogP contribution in [-0.2, 0) is 9.53 Å². The number of Topliss-reactive ketones (excluding diaryl/α,β-unsaturated/α-hetero) is 1. The maximum atomic E-state index is 11.9. The van der Waals surface area contributed by atoms with Gasteiger partial charge in [-0.25, -0.2) is 0 Å². The normalized spacial score (nSPS) is 32.1. The summed E-state index contributed by atoms with van der Waals surface area (Å²) in [6.07, 6.45) is 0. The van der Waals surface area contributed by atoms with Gasteiger partial charge in [-0.3, -0.25) is 4.79 Å². The summed E-state index contributed by atoms with van der Waals surface area (Å²) in [5.41, 5.74) is -0.546. The van der Waals surface area contributed by atoms with Crippen LogP contribution in [0.1, 0.15) is 13.8 Å². The summed E-state index contributed by atoms with van der Waals surface area (Å²) >= 11 is 2.00. The molecule has 2 fully saturated rings. The molecule has 0 aromatic rings. The van der Waals surface area contributed by atoms with E-state index in [0.717, 1.165) is 19.6 Å². The summed E-state index contributed by atoms with van der Waals surface area (Å²) in [5.74, 6) is 2.78. The highest BCUT2D eigenvalue weighted by molar-refractivity contribution is 7.99. The molecule has 0 spiro atoms. The van der Waals surface area contributed by atoms with Gasteiger partial charge in [0.1, 0.15) is 5.60 Å². The number of hydrogen-bond donors (Lipinski definition) is 0. The Kier molecular flexibility index (Phi) is 3.38. The molecule has 0 aliphatic carbocycles. The Balaban J connectivity index is 1.87. The first-order valence-corrected chi connectivity index (χ1v) is 6.73. The predicted octanol–water partition coefficient (Wildman–Crippen LogP) is 1.03. The Morgan fingerprint density at radius 2 is 2.13 bits per heavy atom. The highest BCUT2D eigenvalue weighted by atomic mass is 32.2. The highest BCUT2D eigenvalue weighted by Crippen LogP contribution is 2.26. The second kappa shape index (κ2) is 4.44. The van der Waals surface area contributed by atoms with Crippen molar-refractivity contribution in [1.29, 1.82) is 0 Å². The summed E-state index contributed by atoms with van der Waals surface area (Å²) in [6, 6.07) is 0. The second-order valence-corrected chi connectivity index (χ2v) is 6.02. The van der Waals surface area contributed by atoms with Gasteiger partial charge in [0.25, 0.3) is 0 Å². The topological polar surface area (TPSA) is 29.5 Å². The molecule has 2 saturated heterocycles. The SMILES string of the molecule is CC1(C)OCC(CN2CCSCC2)C1=O. The van der Waals surface area contributed by atoms with Crippen molar-refractivity contribution in [3.05, 3.63) is 0 Å². The first-order chi connectivity index (χ1) is 7.09. The lowest BCUT2D eigenvalue weighted by Crippen LogP contribution is -2.40. The third-order valence-corrected chi connectivity index (χ3v) is 4.13. The Hall–Kier alpha value is -0.0600. The Morgan fingerprint density at radius 3 is 2.67 bits per heavy atom. The van der Waals surface area contributed by atoms with Crippen molar-refractivity contribution in [1.82, 2.24) is 4.90 Å². The van der Waals surface area contributed by atoms with Crippen LogP contribution in [0.3, 0.4) is 0 Å². The summed E-state index contributed by atoms with van der Waals surface area (Å²) in [5, 5.41) is 0. The van der Waals surface area contributed by atoms with Gasteiger partial charge in [-0.2, -0.15) is 11.8 Å². The summed E-state index contributed by atoms with van der Waals surface area (Å²) < 4.78 is 5.53. The minimum Gasteiger partial charge on any atom is -0.367 e. The van der Waals surface area contributed by atoms with Crippen molar-refractivity contribution in [2.75, 3.05) is 37.7 Å². The molecule has 15 heavy (non-hydrogen) atoms. The molecule has 0 radical (unpaired) electrons. The third-order valence-electron chi connectivity index (χ3n) is 3.19. The molecule has 0 aromatic heterocycles. The fraction of sp³-hybridized carbons (Fsp3) is 0.909. The molecule has 86 valence electrons. The lowest BCUT2D eigenvalue weighted by atomic mass is 9.95. The second-order valence-electron chi connectivity index (χ2n) is 4.80. The molecule has 0 saturated carbocycles. The van der Waals surface area contributed by atoms with Crippen molar-refractivity contribution >= 4 is 17.5 Å². The van der Waals surface area contributed by atoms with E-state index in [1.165, 1.54) is 11.5 Å². The van der Waals surface area contributed by atoms with E-state index >= 15 is 0 Å². The van der Waals surface area contributed by atoms with E-state index < -0.39 is 5.60 Å². The molecule has 1 unspecified atom stereocenters. The number of carbonyl (C=O) groups is 1. The lowest BCUT2D eigenvalue weighted by molar-refractivity contribution is -0.130. The summed E-state index contributed by atoms with van der Waals surface area (Å²) in [7, 11) is 0. The number of ether oxygens (including phenoxy) is 1. The first kappa shape index (κ1) is 11.4. The molecule has 2 rings (SSSR count). The minimum atomic E-state index is -0.546. The van der Waals surface area contributed by atoms with Gasteiger partial charge in [0.2, 0.25) is 0 Å². The number of hydrogen-bond acceptors (Lipinski definition) is 4. The van der Waals surface area contributed by atoms with Gasteiger partial charge >= 0.3 is 0 Å². The van der Waals surface area contributed by atoms with Gasteiger partial charge in [-0.15, -0.1) is 0 Å². The van der Waals surface area contributed by atoms with Crippen molar-refractivity contribution in [2.24, 2.45) is 5.92 Å². The van der Waals surface area contributed by atoms with Gasteiger partial charge < -0.3 is 9.64 Å². The minimum absolute atomic E-state index is 0.100. The fourth-order valence-electron chi connectivity index (χ4n) is 2.18. The predicted molar refractivity (Wildman–Crippen MR) is 62.3 cm³/mol. The molecular weight excluding hydrogens is 210 g/mol. The maximum Gasteiger partial charge on any atom is 0.170 e. The van der Waals surface area contributed by atoms with E-state index in [4.69, 9.17) is 4.74 Å². The molecule has 0 amide bonds. The van der Waals surface area contributed by atoms with E-state index in [1.807, 2.05) is 25.6 Å². The molecule has 2 heterocycles. The van der Waals surface area contributed by atoms with Gasteiger partial charge in [0.05, 0.1) is 12.5 Å². The largest absolute Gasteiger partial charge is 0.367 e. The standard InChI is InChI=1S/C11H19NO2S/c1-11(2)10(13)9(8-14-11)7-12-3-5-15-6-4-12/h9H,3-8H2,1-2H3. The maximum absolute atomic E-state index is 11.9. The van der Waals surface area contributed by atoms with Crippen LogP contribution in [0.4, 0.5) is 0 Å². The van der Waals surface area contributed by atoms with Gasteiger partial charge in [-0.05, 0) is 13.8 Å².